The minimum atomic E-state index is -0.103. The fourth-order valence-electron chi connectivity index (χ4n) is 4.10. The number of anilines is 1. The van der Waals surface area contributed by atoms with Gasteiger partial charge >= 0.3 is 0 Å². The molecule has 0 spiro atoms. The summed E-state index contributed by atoms with van der Waals surface area (Å²) in [6.07, 6.45) is 1.71. The third-order valence-electron chi connectivity index (χ3n) is 5.78. The zero-order valence-corrected chi connectivity index (χ0v) is 16.8. The summed E-state index contributed by atoms with van der Waals surface area (Å²) in [7, 11) is 0. The van der Waals surface area contributed by atoms with Gasteiger partial charge in [-0.1, -0.05) is 42.5 Å². The van der Waals surface area contributed by atoms with Crippen LogP contribution in [-0.4, -0.2) is 41.0 Å². The number of benzene rings is 2. The van der Waals surface area contributed by atoms with Gasteiger partial charge in [-0.05, 0) is 41.5 Å². The largest absolute Gasteiger partial charge is 0.369 e. The summed E-state index contributed by atoms with van der Waals surface area (Å²) < 4.78 is 0. The summed E-state index contributed by atoms with van der Waals surface area (Å²) in [5.74, 6) is 0. The first-order valence-corrected chi connectivity index (χ1v) is 10.4. The van der Waals surface area contributed by atoms with Crippen LogP contribution in [0.3, 0.4) is 0 Å². The van der Waals surface area contributed by atoms with Crippen LogP contribution in [0.15, 0.2) is 83.8 Å². The van der Waals surface area contributed by atoms with Crippen molar-refractivity contribution in [2.24, 2.45) is 0 Å². The number of nitrogens with zero attached hydrogens (tertiary/aromatic N) is 3. The normalized spacial score (nSPS) is 14.9. The van der Waals surface area contributed by atoms with Crippen molar-refractivity contribution in [2.75, 3.05) is 31.1 Å². The van der Waals surface area contributed by atoms with Gasteiger partial charge in [0.05, 0.1) is 16.6 Å². The van der Waals surface area contributed by atoms with Crippen molar-refractivity contribution in [3.63, 3.8) is 0 Å². The summed E-state index contributed by atoms with van der Waals surface area (Å²) in [6.45, 7) is 5.16. The smallest absolute Gasteiger partial charge is 0.257 e. The molecule has 0 aliphatic carbocycles. The average Bonchev–Trinajstić information content (AvgIpc) is 2.80. The number of piperazine rings is 1. The van der Waals surface area contributed by atoms with Gasteiger partial charge in [0.2, 0.25) is 0 Å². The summed E-state index contributed by atoms with van der Waals surface area (Å²) in [5.41, 5.74) is 4.99. The summed E-state index contributed by atoms with van der Waals surface area (Å²) in [4.78, 5) is 24.6. The van der Waals surface area contributed by atoms with Crippen molar-refractivity contribution in [1.82, 2.24) is 14.9 Å². The van der Waals surface area contributed by atoms with Gasteiger partial charge in [0.1, 0.15) is 0 Å². The molecule has 5 heteroatoms. The predicted molar refractivity (Wildman–Crippen MR) is 122 cm³/mol. The zero-order valence-electron chi connectivity index (χ0n) is 16.8. The lowest BCUT2D eigenvalue weighted by molar-refractivity contribution is 0.250. The molecule has 5 rings (SSSR count). The average molecular weight is 396 g/mol. The Labute approximate surface area is 175 Å². The molecule has 0 unspecified atom stereocenters. The quantitative estimate of drug-likeness (QED) is 0.568. The van der Waals surface area contributed by atoms with E-state index in [2.05, 4.69) is 74.4 Å². The van der Waals surface area contributed by atoms with E-state index in [0.717, 1.165) is 49.5 Å². The molecule has 2 aromatic carbocycles. The number of hydrogen-bond acceptors (Lipinski definition) is 4. The fourth-order valence-corrected chi connectivity index (χ4v) is 4.10. The molecule has 0 radical (unpaired) electrons. The molecule has 1 N–H and O–H groups in total. The Kier molecular flexibility index (Phi) is 5.03. The van der Waals surface area contributed by atoms with Crippen LogP contribution in [0.1, 0.15) is 5.56 Å². The van der Waals surface area contributed by atoms with E-state index >= 15 is 0 Å². The molecule has 0 saturated carbocycles. The molecule has 1 fully saturated rings. The molecule has 5 nitrogen and oxygen atoms in total. The van der Waals surface area contributed by atoms with Crippen LogP contribution in [-0.2, 0) is 6.54 Å². The van der Waals surface area contributed by atoms with E-state index in [1.165, 1.54) is 11.3 Å². The summed E-state index contributed by atoms with van der Waals surface area (Å²) in [6, 6.07) is 24.6. The Balaban J connectivity index is 1.27. The Hall–Kier alpha value is -3.44. The van der Waals surface area contributed by atoms with Gasteiger partial charge in [0, 0.05) is 44.6 Å². The zero-order chi connectivity index (χ0) is 20.3. The second-order valence-electron chi connectivity index (χ2n) is 7.74. The fraction of sp³-hybridized carbons (Fsp3) is 0.200. The lowest BCUT2D eigenvalue weighted by Crippen LogP contribution is -2.45. The minimum absolute atomic E-state index is 0.103. The van der Waals surface area contributed by atoms with Gasteiger partial charge in [-0.2, -0.15) is 0 Å². The van der Waals surface area contributed by atoms with E-state index < -0.39 is 0 Å². The SMILES string of the molecule is O=c1[nH]c(-c2ccc(N3CCN(Cc4ccccc4)CC3)cc2)cc2ncccc12. The van der Waals surface area contributed by atoms with Crippen molar-refractivity contribution >= 4 is 16.6 Å². The number of hydrogen-bond donors (Lipinski definition) is 1. The Morgan fingerprint density at radius 3 is 2.40 bits per heavy atom. The molecule has 1 aliphatic rings. The third kappa shape index (κ3) is 3.84. The lowest BCUT2D eigenvalue weighted by Gasteiger charge is -2.36. The molecular weight excluding hydrogens is 372 g/mol. The topological polar surface area (TPSA) is 52.2 Å². The van der Waals surface area contributed by atoms with Gasteiger partial charge < -0.3 is 9.88 Å². The van der Waals surface area contributed by atoms with Gasteiger partial charge in [-0.15, -0.1) is 0 Å². The number of rotatable bonds is 4. The highest BCUT2D eigenvalue weighted by molar-refractivity contribution is 5.81. The Bertz CT molecular complexity index is 1190. The number of nitrogens with one attached hydrogen (secondary N) is 1. The second kappa shape index (κ2) is 8.13. The van der Waals surface area contributed by atoms with Crippen LogP contribution in [0.4, 0.5) is 5.69 Å². The highest BCUT2D eigenvalue weighted by Gasteiger charge is 2.17. The maximum atomic E-state index is 12.3. The second-order valence-corrected chi connectivity index (χ2v) is 7.74. The first kappa shape index (κ1) is 18.6. The van der Waals surface area contributed by atoms with Crippen molar-refractivity contribution in [3.05, 3.63) is 94.9 Å². The van der Waals surface area contributed by atoms with Crippen LogP contribution in [0.25, 0.3) is 22.2 Å². The Morgan fingerprint density at radius 1 is 0.867 bits per heavy atom. The lowest BCUT2D eigenvalue weighted by atomic mass is 10.1. The van der Waals surface area contributed by atoms with Crippen molar-refractivity contribution in [2.45, 2.75) is 6.54 Å². The van der Waals surface area contributed by atoms with Crippen LogP contribution < -0.4 is 10.5 Å². The number of aromatic amines is 1. The molecule has 4 aromatic rings. The van der Waals surface area contributed by atoms with E-state index in [1.807, 2.05) is 6.07 Å². The van der Waals surface area contributed by atoms with Gasteiger partial charge in [0.15, 0.2) is 0 Å². The van der Waals surface area contributed by atoms with Gasteiger partial charge in [-0.3, -0.25) is 14.7 Å². The standard InChI is InChI=1S/C25H24N4O/c30-25-22-7-4-12-26-24(22)17-23(27-25)20-8-10-21(11-9-20)29-15-13-28(14-16-29)18-19-5-2-1-3-6-19/h1-12,17H,13-16,18H2,(H,27,30). The maximum Gasteiger partial charge on any atom is 0.257 e. The van der Waals surface area contributed by atoms with Crippen LogP contribution in [0.5, 0.6) is 0 Å². The van der Waals surface area contributed by atoms with E-state index in [-0.39, 0.29) is 5.56 Å². The van der Waals surface area contributed by atoms with Gasteiger partial charge in [0.25, 0.3) is 5.56 Å². The molecule has 0 atom stereocenters. The minimum Gasteiger partial charge on any atom is -0.369 e. The van der Waals surface area contributed by atoms with Crippen molar-refractivity contribution in [1.29, 1.82) is 0 Å². The van der Waals surface area contributed by atoms with Crippen molar-refractivity contribution in [3.8, 4) is 11.3 Å². The van der Waals surface area contributed by atoms with Gasteiger partial charge in [-0.25, -0.2) is 0 Å². The third-order valence-corrected chi connectivity index (χ3v) is 5.78. The van der Waals surface area contributed by atoms with E-state index in [4.69, 9.17) is 0 Å². The number of aromatic nitrogens is 2. The highest BCUT2D eigenvalue weighted by atomic mass is 16.1. The molecule has 1 saturated heterocycles. The Morgan fingerprint density at radius 2 is 1.63 bits per heavy atom. The monoisotopic (exact) mass is 396 g/mol. The molecule has 150 valence electrons. The molecular formula is C25H24N4O. The van der Waals surface area contributed by atoms with Crippen LogP contribution in [0.2, 0.25) is 0 Å². The highest BCUT2D eigenvalue weighted by Crippen LogP contribution is 2.24. The van der Waals surface area contributed by atoms with Crippen LogP contribution in [0, 0.1) is 0 Å². The molecule has 1 aliphatic heterocycles. The predicted octanol–water partition coefficient (Wildman–Crippen LogP) is 3.91. The van der Waals surface area contributed by atoms with E-state index in [1.54, 1.807) is 18.3 Å². The first-order chi connectivity index (χ1) is 14.8. The van der Waals surface area contributed by atoms with Crippen LogP contribution >= 0.6 is 0 Å². The molecule has 3 heterocycles. The van der Waals surface area contributed by atoms with E-state index in [9.17, 15) is 4.79 Å². The summed E-state index contributed by atoms with van der Waals surface area (Å²) in [5, 5.41) is 0.617. The van der Waals surface area contributed by atoms with Crippen molar-refractivity contribution < 1.29 is 0 Å². The number of fused-ring (bicyclic) bond motifs is 1. The first-order valence-electron chi connectivity index (χ1n) is 10.4. The summed E-state index contributed by atoms with van der Waals surface area (Å²) >= 11 is 0. The number of pyridine rings is 2. The molecule has 0 amide bonds. The maximum absolute atomic E-state index is 12.3. The molecule has 2 aromatic heterocycles. The number of H-pyrrole nitrogens is 1. The molecule has 30 heavy (non-hydrogen) atoms. The van der Waals surface area contributed by atoms with E-state index in [0.29, 0.717) is 5.39 Å². The molecule has 0 bridgehead atoms.